The maximum atomic E-state index is 12.2. The molecule has 1 aromatic carbocycles. The number of nitrogens with one attached hydrogen (secondary N) is 1. The quantitative estimate of drug-likeness (QED) is 0.784. The SMILES string of the molecule is CCC(=O)c1ccccc1OC(C)C(=O)NC(C)(C)CC. The van der Waals surface area contributed by atoms with Crippen molar-refractivity contribution in [2.45, 2.75) is 59.1 Å². The average Bonchev–Trinajstić information content (AvgIpc) is 2.46. The number of amides is 1. The van der Waals surface area contributed by atoms with Gasteiger partial charge in [0.05, 0.1) is 5.56 Å². The molecule has 4 nitrogen and oxygen atoms in total. The van der Waals surface area contributed by atoms with Gasteiger partial charge < -0.3 is 10.1 Å². The zero-order chi connectivity index (χ0) is 16.0. The summed E-state index contributed by atoms with van der Waals surface area (Å²) in [5, 5.41) is 2.94. The molecule has 0 fully saturated rings. The number of hydrogen-bond donors (Lipinski definition) is 1. The van der Waals surface area contributed by atoms with Crippen molar-refractivity contribution < 1.29 is 14.3 Å². The van der Waals surface area contributed by atoms with Crippen LogP contribution in [0.4, 0.5) is 0 Å². The Kier molecular flexibility index (Phi) is 5.94. The summed E-state index contributed by atoms with van der Waals surface area (Å²) < 4.78 is 5.69. The molecule has 0 aliphatic rings. The Morgan fingerprint density at radius 2 is 1.86 bits per heavy atom. The molecular formula is C17H25NO3. The Morgan fingerprint density at radius 1 is 1.24 bits per heavy atom. The molecule has 1 amide bonds. The van der Waals surface area contributed by atoms with Crippen molar-refractivity contribution in [1.29, 1.82) is 0 Å². The number of hydrogen-bond acceptors (Lipinski definition) is 3. The van der Waals surface area contributed by atoms with E-state index in [1.807, 2.05) is 20.8 Å². The smallest absolute Gasteiger partial charge is 0.261 e. The molecule has 0 radical (unpaired) electrons. The molecule has 0 spiro atoms. The van der Waals surface area contributed by atoms with Gasteiger partial charge in [-0.25, -0.2) is 0 Å². The minimum absolute atomic E-state index is 0.00657. The molecule has 1 unspecified atom stereocenters. The highest BCUT2D eigenvalue weighted by molar-refractivity contribution is 5.98. The number of ketones is 1. The summed E-state index contributed by atoms with van der Waals surface area (Å²) >= 11 is 0. The van der Waals surface area contributed by atoms with Crippen molar-refractivity contribution in [3.63, 3.8) is 0 Å². The van der Waals surface area contributed by atoms with Crippen molar-refractivity contribution in [1.82, 2.24) is 5.32 Å². The first-order valence-corrected chi connectivity index (χ1v) is 7.41. The Balaban J connectivity index is 2.82. The monoisotopic (exact) mass is 291 g/mol. The van der Waals surface area contributed by atoms with Crippen LogP contribution in [0, 0.1) is 0 Å². The molecule has 0 aromatic heterocycles. The molecule has 0 heterocycles. The first-order chi connectivity index (χ1) is 9.80. The Morgan fingerprint density at radius 3 is 2.43 bits per heavy atom. The second-order valence-electron chi connectivity index (χ2n) is 5.76. The molecule has 1 rings (SSSR count). The van der Waals surface area contributed by atoms with E-state index in [1.54, 1.807) is 38.1 Å². The lowest BCUT2D eigenvalue weighted by Crippen LogP contribution is -2.48. The predicted molar refractivity (Wildman–Crippen MR) is 83.7 cm³/mol. The molecular weight excluding hydrogens is 266 g/mol. The third kappa shape index (κ3) is 4.88. The minimum atomic E-state index is -0.651. The fraction of sp³-hybridized carbons (Fsp3) is 0.529. The average molecular weight is 291 g/mol. The second kappa shape index (κ2) is 7.25. The van der Waals surface area contributed by atoms with Gasteiger partial charge in [-0.1, -0.05) is 26.0 Å². The Bertz CT molecular complexity index is 509. The van der Waals surface area contributed by atoms with E-state index in [0.717, 1.165) is 6.42 Å². The van der Waals surface area contributed by atoms with Gasteiger partial charge in [-0.05, 0) is 39.3 Å². The molecule has 4 heteroatoms. The lowest BCUT2D eigenvalue weighted by molar-refractivity contribution is -0.129. The van der Waals surface area contributed by atoms with E-state index in [9.17, 15) is 9.59 Å². The number of para-hydroxylation sites is 1. The van der Waals surface area contributed by atoms with Gasteiger partial charge in [-0.3, -0.25) is 9.59 Å². The van der Waals surface area contributed by atoms with Gasteiger partial charge in [0.2, 0.25) is 0 Å². The molecule has 1 N–H and O–H groups in total. The number of Topliss-reactive ketones (excluding diaryl/α,β-unsaturated/α-hetero) is 1. The van der Waals surface area contributed by atoms with E-state index in [2.05, 4.69) is 5.32 Å². The highest BCUT2D eigenvalue weighted by Gasteiger charge is 2.23. The van der Waals surface area contributed by atoms with Crippen LogP contribution in [0.3, 0.4) is 0 Å². The van der Waals surface area contributed by atoms with Gasteiger partial charge in [0, 0.05) is 12.0 Å². The lowest BCUT2D eigenvalue weighted by atomic mass is 10.0. The molecule has 0 saturated carbocycles. The maximum absolute atomic E-state index is 12.2. The van der Waals surface area contributed by atoms with Crippen LogP contribution in [-0.4, -0.2) is 23.3 Å². The fourth-order valence-electron chi connectivity index (χ4n) is 1.76. The molecule has 0 aliphatic carbocycles. The number of ether oxygens (including phenoxy) is 1. The normalized spacial score (nSPS) is 12.6. The van der Waals surface area contributed by atoms with Gasteiger partial charge in [-0.15, -0.1) is 0 Å². The Labute approximate surface area is 126 Å². The summed E-state index contributed by atoms with van der Waals surface area (Å²) in [6.07, 6.45) is 0.585. The summed E-state index contributed by atoms with van der Waals surface area (Å²) in [6, 6.07) is 7.03. The number of carbonyl (C=O) groups is 2. The van der Waals surface area contributed by atoms with Gasteiger partial charge in [0.15, 0.2) is 11.9 Å². The van der Waals surface area contributed by atoms with Gasteiger partial charge in [0.25, 0.3) is 5.91 Å². The van der Waals surface area contributed by atoms with Crippen LogP contribution in [0.5, 0.6) is 5.75 Å². The van der Waals surface area contributed by atoms with Gasteiger partial charge in [0.1, 0.15) is 5.75 Å². The fourth-order valence-corrected chi connectivity index (χ4v) is 1.76. The van der Waals surface area contributed by atoms with E-state index in [4.69, 9.17) is 4.74 Å². The highest BCUT2D eigenvalue weighted by Crippen LogP contribution is 2.21. The van der Waals surface area contributed by atoms with Crippen molar-refractivity contribution in [2.75, 3.05) is 0 Å². The molecule has 1 atom stereocenters. The first-order valence-electron chi connectivity index (χ1n) is 7.41. The summed E-state index contributed by atoms with van der Waals surface area (Å²) in [5.74, 6) is 0.286. The highest BCUT2D eigenvalue weighted by atomic mass is 16.5. The molecule has 0 saturated heterocycles. The summed E-state index contributed by atoms with van der Waals surface area (Å²) in [6.45, 7) is 9.44. The third-order valence-corrected chi connectivity index (χ3v) is 3.53. The van der Waals surface area contributed by atoms with Gasteiger partial charge in [-0.2, -0.15) is 0 Å². The van der Waals surface area contributed by atoms with E-state index >= 15 is 0 Å². The topological polar surface area (TPSA) is 55.4 Å². The van der Waals surface area contributed by atoms with Crippen LogP contribution >= 0.6 is 0 Å². The zero-order valence-electron chi connectivity index (χ0n) is 13.5. The van der Waals surface area contributed by atoms with E-state index < -0.39 is 6.10 Å². The van der Waals surface area contributed by atoms with Gasteiger partial charge >= 0.3 is 0 Å². The van der Waals surface area contributed by atoms with Crippen LogP contribution in [-0.2, 0) is 4.79 Å². The second-order valence-corrected chi connectivity index (χ2v) is 5.76. The summed E-state index contributed by atoms with van der Waals surface area (Å²) in [7, 11) is 0. The molecule has 0 aliphatic heterocycles. The van der Waals surface area contributed by atoms with Crippen molar-refractivity contribution in [3.8, 4) is 5.75 Å². The van der Waals surface area contributed by atoms with E-state index in [0.29, 0.717) is 17.7 Å². The number of rotatable bonds is 7. The minimum Gasteiger partial charge on any atom is -0.480 e. The van der Waals surface area contributed by atoms with Crippen molar-refractivity contribution in [2.24, 2.45) is 0 Å². The summed E-state index contributed by atoms with van der Waals surface area (Å²) in [4.78, 5) is 24.0. The zero-order valence-corrected chi connectivity index (χ0v) is 13.5. The molecule has 1 aromatic rings. The number of benzene rings is 1. The number of carbonyl (C=O) groups excluding carboxylic acids is 2. The Hall–Kier alpha value is -1.84. The van der Waals surface area contributed by atoms with Crippen LogP contribution in [0.1, 0.15) is 57.8 Å². The van der Waals surface area contributed by atoms with Crippen molar-refractivity contribution >= 4 is 11.7 Å². The maximum Gasteiger partial charge on any atom is 0.261 e. The molecule has 0 bridgehead atoms. The third-order valence-electron chi connectivity index (χ3n) is 3.53. The standard InChI is InChI=1S/C17H25NO3/c1-6-14(19)13-10-8-9-11-15(13)21-12(3)16(20)18-17(4,5)7-2/h8-12H,6-7H2,1-5H3,(H,18,20). The molecule has 116 valence electrons. The van der Waals surface area contributed by atoms with Crippen LogP contribution in [0.2, 0.25) is 0 Å². The van der Waals surface area contributed by atoms with Crippen LogP contribution in [0.25, 0.3) is 0 Å². The van der Waals surface area contributed by atoms with E-state index in [-0.39, 0.29) is 17.2 Å². The van der Waals surface area contributed by atoms with Crippen molar-refractivity contribution in [3.05, 3.63) is 29.8 Å². The first kappa shape index (κ1) is 17.2. The van der Waals surface area contributed by atoms with Crippen LogP contribution in [0.15, 0.2) is 24.3 Å². The van der Waals surface area contributed by atoms with E-state index in [1.165, 1.54) is 0 Å². The summed E-state index contributed by atoms with van der Waals surface area (Å²) in [5.41, 5.74) is 0.252. The lowest BCUT2D eigenvalue weighted by Gasteiger charge is -2.27. The predicted octanol–water partition coefficient (Wildman–Crippen LogP) is 3.35. The largest absolute Gasteiger partial charge is 0.480 e. The molecule has 21 heavy (non-hydrogen) atoms. The van der Waals surface area contributed by atoms with Crippen LogP contribution < -0.4 is 10.1 Å².